The van der Waals surface area contributed by atoms with Crippen LogP contribution in [-0.2, 0) is 11.2 Å². The van der Waals surface area contributed by atoms with Crippen LogP contribution in [0.3, 0.4) is 0 Å². The quantitative estimate of drug-likeness (QED) is 0.549. The Balaban J connectivity index is 0.00000324. The van der Waals surface area contributed by atoms with Crippen LogP contribution in [0, 0.1) is 20.8 Å². The van der Waals surface area contributed by atoms with Gasteiger partial charge in [0.05, 0.1) is 6.42 Å². The number of anilines is 1. The smallest absolute Gasteiger partial charge is 0.481 e. The summed E-state index contributed by atoms with van der Waals surface area (Å²) in [6, 6.07) is 0. The third-order valence-electron chi connectivity index (χ3n) is 3.18. The minimum absolute atomic E-state index is 0. The van der Waals surface area contributed by atoms with Crippen LogP contribution >= 0.6 is 0 Å². The summed E-state index contributed by atoms with van der Waals surface area (Å²) in [4.78, 5) is 10.7. The second-order valence-corrected chi connectivity index (χ2v) is 4.33. The van der Waals surface area contributed by atoms with Crippen LogP contribution in [0.15, 0.2) is 0 Å². The molecule has 3 nitrogen and oxygen atoms in total. The molecule has 3 N–H and O–H groups in total. The maximum absolute atomic E-state index is 13.0. The van der Waals surface area contributed by atoms with Gasteiger partial charge in [-0.25, -0.2) is 0 Å². The molecule has 19 heavy (non-hydrogen) atoms. The number of nitrogen functional groups attached to an aromatic ring is 1. The van der Waals surface area contributed by atoms with E-state index in [2.05, 4.69) is 0 Å². The number of carboxylic acids is 1. The predicted molar refractivity (Wildman–Crippen MR) is 65.1 cm³/mol. The minimum atomic E-state index is -5.21. The summed E-state index contributed by atoms with van der Waals surface area (Å²) >= 11 is 0. The molecule has 0 heterocycles. The Bertz CT molecular complexity index is 518. The number of nitrogens with two attached hydrogens (primary N) is 1. The second kappa shape index (κ2) is 6.62. The topological polar surface area (TPSA) is 63.3 Å². The number of halogens is 3. The molecule has 0 atom stereocenters. The van der Waals surface area contributed by atoms with Crippen LogP contribution in [0.2, 0.25) is 0 Å². The number of aliphatic carboxylic acids is 1. The molecule has 0 saturated heterocycles. The summed E-state index contributed by atoms with van der Waals surface area (Å²) in [6.45, 7) is -1.06. The van der Waals surface area contributed by atoms with Crippen molar-refractivity contribution in [3.8, 4) is 0 Å². The zero-order valence-electron chi connectivity index (χ0n) is 11.4. The first kappa shape index (κ1) is 19.0. The SMILES string of the molecule is Cc1c(N)c(C)c([B-](F)(F)F)c(C)c1CC(=O)O.[K+]. The van der Waals surface area contributed by atoms with Crippen molar-refractivity contribution in [2.75, 3.05) is 5.73 Å². The van der Waals surface area contributed by atoms with E-state index in [1.165, 1.54) is 13.8 Å². The van der Waals surface area contributed by atoms with E-state index in [0.29, 0.717) is 5.56 Å². The number of rotatable bonds is 3. The van der Waals surface area contributed by atoms with Gasteiger partial charge < -0.3 is 23.8 Å². The Hall–Kier alpha value is -0.0187. The van der Waals surface area contributed by atoms with Crippen molar-refractivity contribution >= 4 is 24.1 Å². The number of carboxylic acid groups (broad SMARTS) is 1. The Morgan fingerprint density at radius 3 is 2.00 bits per heavy atom. The second-order valence-electron chi connectivity index (χ2n) is 4.33. The molecule has 0 bridgehead atoms. The molecule has 100 valence electrons. The molecule has 0 aliphatic carbocycles. The van der Waals surface area contributed by atoms with Gasteiger partial charge in [-0.15, -0.1) is 5.46 Å². The van der Waals surface area contributed by atoms with Crippen molar-refractivity contribution in [1.29, 1.82) is 0 Å². The van der Waals surface area contributed by atoms with Gasteiger partial charge in [0, 0.05) is 5.69 Å². The number of carbonyl (C=O) groups is 1. The van der Waals surface area contributed by atoms with Gasteiger partial charge in [-0.05, 0) is 31.9 Å². The molecule has 0 amide bonds. The maximum Gasteiger partial charge on any atom is 1.00 e. The van der Waals surface area contributed by atoms with Crippen LogP contribution in [0.1, 0.15) is 22.3 Å². The molecule has 1 aromatic carbocycles. The molecular weight excluding hydrogens is 285 g/mol. The fraction of sp³-hybridized carbons (Fsp3) is 0.364. The Labute approximate surface area is 152 Å². The monoisotopic (exact) mass is 299 g/mol. The molecule has 0 spiro atoms. The molecule has 0 fully saturated rings. The molecular formula is C11H14BF3KNO2. The van der Waals surface area contributed by atoms with Gasteiger partial charge in [-0.2, -0.15) is 0 Å². The fourth-order valence-electron chi connectivity index (χ4n) is 2.22. The van der Waals surface area contributed by atoms with Crippen molar-refractivity contribution in [2.24, 2.45) is 0 Å². The van der Waals surface area contributed by atoms with E-state index in [9.17, 15) is 17.7 Å². The van der Waals surface area contributed by atoms with E-state index >= 15 is 0 Å². The molecule has 0 saturated carbocycles. The molecule has 0 aromatic heterocycles. The number of benzene rings is 1. The third-order valence-corrected chi connectivity index (χ3v) is 3.18. The van der Waals surface area contributed by atoms with Crippen LogP contribution < -0.4 is 62.6 Å². The summed E-state index contributed by atoms with van der Waals surface area (Å²) in [7, 11) is 0. The first-order chi connectivity index (χ1) is 8.07. The van der Waals surface area contributed by atoms with Crippen LogP contribution in [0.4, 0.5) is 18.6 Å². The van der Waals surface area contributed by atoms with Crippen molar-refractivity contribution < 1.29 is 74.2 Å². The van der Waals surface area contributed by atoms with Crippen LogP contribution in [0.5, 0.6) is 0 Å². The molecule has 1 rings (SSSR count). The van der Waals surface area contributed by atoms with Gasteiger partial charge in [0.25, 0.3) is 0 Å². The summed E-state index contributed by atoms with van der Waals surface area (Å²) in [5.41, 5.74) is 5.40. The number of hydrogen-bond donors (Lipinski definition) is 2. The molecule has 0 unspecified atom stereocenters. The Kier molecular flexibility index (Phi) is 6.62. The molecule has 8 heteroatoms. The summed E-state index contributed by atoms with van der Waals surface area (Å²) in [6.07, 6.45) is -0.457. The van der Waals surface area contributed by atoms with Gasteiger partial charge in [0.15, 0.2) is 0 Å². The third kappa shape index (κ3) is 3.98. The summed E-state index contributed by atoms with van der Waals surface area (Å²) < 4.78 is 39.0. The first-order valence-electron chi connectivity index (χ1n) is 5.37. The van der Waals surface area contributed by atoms with E-state index in [4.69, 9.17) is 10.8 Å². The van der Waals surface area contributed by atoms with E-state index in [1.54, 1.807) is 6.92 Å². The number of hydrogen-bond acceptors (Lipinski definition) is 2. The average molecular weight is 299 g/mol. The minimum Gasteiger partial charge on any atom is -0.481 e. The summed E-state index contributed by atoms with van der Waals surface area (Å²) in [5.74, 6) is -1.18. The first-order valence-corrected chi connectivity index (χ1v) is 5.37. The Morgan fingerprint density at radius 2 is 1.63 bits per heavy atom. The molecule has 0 aliphatic rings. The predicted octanol–water partition coefficient (Wildman–Crippen LogP) is -1.12. The standard InChI is InChI=1S/C11H14BF3NO2.K/c1-5-8(4-9(17)18)6(2)11(16)7(3)10(5)12(13,14)15;/h4,16H2,1-3H3,(H,17,18);/q-1;+1. The molecule has 0 radical (unpaired) electrons. The largest absolute Gasteiger partial charge is 1.00 e. The van der Waals surface area contributed by atoms with Gasteiger partial charge in [0.1, 0.15) is 0 Å². The van der Waals surface area contributed by atoms with E-state index in [-0.39, 0.29) is 73.8 Å². The van der Waals surface area contributed by atoms with E-state index in [1.807, 2.05) is 0 Å². The molecule has 1 aromatic rings. The van der Waals surface area contributed by atoms with Gasteiger partial charge in [-0.1, -0.05) is 11.1 Å². The van der Waals surface area contributed by atoms with Crippen LogP contribution in [-0.4, -0.2) is 18.1 Å². The Morgan fingerprint density at radius 1 is 1.16 bits per heavy atom. The fourth-order valence-corrected chi connectivity index (χ4v) is 2.22. The van der Waals surface area contributed by atoms with Crippen molar-refractivity contribution in [2.45, 2.75) is 27.2 Å². The normalized spacial score (nSPS) is 11.1. The van der Waals surface area contributed by atoms with Crippen LogP contribution in [0.25, 0.3) is 0 Å². The molecule has 0 aliphatic heterocycles. The van der Waals surface area contributed by atoms with Gasteiger partial charge >= 0.3 is 64.3 Å². The van der Waals surface area contributed by atoms with Gasteiger partial charge in [-0.3, -0.25) is 4.79 Å². The maximum atomic E-state index is 13.0. The van der Waals surface area contributed by atoms with Crippen molar-refractivity contribution in [3.63, 3.8) is 0 Å². The van der Waals surface area contributed by atoms with Crippen molar-refractivity contribution in [3.05, 3.63) is 22.3 Å². The van der Waals surface area contributed by atoms with Gasteiger partial charge in [0.2, 0.25) is 0 Å². The van der Waals surface area contributed by atoms with E-state index < -0.39 is 24.8 Å². The average Bonchev–Trinajstić information content (AvgIpc) is 2.19. The van der Waals surface area contributed by atoms with Crippen molar-refractivity contribution in [1.82, 2.24) is 0 Å². The zero-order chi connectivity index (χ0) is 14.2. The summed E-state index contributed by atoms with van der Waals surface area (Å²) in [5, 5.41) is 8.75. The zero-order valence-corrected chi connectivity index (χ0v) is 14.5. The van der Waals surface area contributed by atoms with E-state index in [0.717, 1.165) is 0 Å².